The summed E-state index contributed by atoms with van der Waals surface area (Å²) in [5, 5.41) is 9.69. The Morgan fingerprint density at radius 1 is 1.12 bits per heavy atom. The minimum absolute atomic E-state index is 0.00923. The molecule has 0 radical (unpaired) electrons. The number of hydrogen-bond donors (Lipinski definition) is 2. The first-order valence-corrected chi connectivity index (χ1v) is 10.9. The van der Waals surface area contributed by atoms with E-state index in [4.69, 9.17) is 0 Å². The van der Waals surface area contributed by atoms with E-state index in [9.17, 15) is 18.8 Å². The molecule has 2 aromatic rings. The standard InChI is InChI=1S/C23H28FN5O3/c1-14-15(2)20(30)27-26-19(14)13-16-4-5-18(24)17(12-16)21(31)28-8-10-29(11-9-28)22(32)23(25-3)6-7-23/h4-5,12,25H,6-11,13H2,1-3H3,(H,27,30). The van der Waals surface area contributed by atoms with Crippen LogP contribution in [0.3, 0.4) is 0 Å². The molecule has 0 bridgehead atoms. The van der Waals surface area contributed by atoms with Gasteiger partial charge in [-0.2, -0.15) is 5.10 Å². The summed E-state index contributed by atoms with van der Waals surface area (Å²) >= 11 is 0. The van der Waals surface area contributed by atoms with Crippen LogP contribution < -0.4 is 10.9 Å². The van der Waals surface area contributed by atoms with E-state index in [0.717, 1.165) is 24.0 Å². The number of aromatic nitrogens is 2. The lowest BCUT2D eigenvalue weighted by atomic mass is 10.0. The Hall–Kier alpha value is -3.07. The summed E-state index contributed by atoms with van der Waals surface area (Å²) in [6.45, 7) is 5.17. The van der Waals surface area contributed by atoms with Crippen molar-refractivity contribution in [1.29, 1.82) is 0 Å². The zero-order chi connectivity index (χ0) is 23.0. The largest absolute Gasteiger partial charge is 0.338 e. The molecule has 2 heterocycles. The molecular formula is C23H28FN5O3. The summed E-state index contributed by atoms with van der Waals surface area (Å²) in [4.78, 5) is 40.8. The minimum atomic E-state index is -0.577. The fourth-order valence-electron chi connectivity index (χ4n) is 4.17. The van der Waals surface area contributed by atoms with Crippen molar-refractivity contribution in [2.45, 2.75) is 38.6 Å². The number of aromatic amines is 1. The molecule has 1 aromatic carbocycles. The Balaban J connectivity index is 1.46. The number of nitrogens with zero attached hydrogens (tertiary/aromatic N) is 3. The van der Waals surface area contributed by atoms with Crippen molar-refractivity contribution in [3.63, 3.8) is 0 Å². The number of hydrogen-bond acceptors (Lipinski definition) is 5. The van der Waals surface area contributed by atoms with Gasteiger partial charge in [0, 0.05) is 38.2 Å². The van der Waals surface area contributed by atoms with Gasteiger partial charge in [-0.15, -0.1) is 0 Å². The third kappa shape index (κ3) is 4.04. The number of nitrogens with one attached hydrogen (secondary N) is 2. The number of halogens is 1. The molecule has 1 aliphatic carbocycles. The Kier molecular flexibility index (Phi) is 5.85. The summed E-state index contributed by atoms with van der Waals surface area (Å²) < 4.78 is 14.5. The highest BCUT2D eigenvalue weighted by molar-refractivity contribution is 5.95. The number of benzene rings is 1. The van der Waals surface area contributed by atoms with Crippen LogP contribution in [0.15, 0.2) is 23.0 Å². The molecule has 9 heteroatoms. The number of rotatable bonds is 5. The molecule has 2 fully saturated rings. The van der Waals surface area contributed by atoms with Gasteiger partial charge in [-0.3, -0.25) is 14.4 Å². The monoisotopic (exact) mass is 441 g/mol. The van der Waals surface area contributed by atoms with Crippen LogP contribution in [0.5, 0.6) is 0 Å². The van der Waals surface area contributed by atoms with Crippen LogP contribution in [-0.2, 0) is 11.2 Å². The highest BCUT2D eigenvalue weighted by Gasteiger charge is 2.50. The molecule has 1 aromatic heterocycles. The van der Waals surface area contributed by atoms with E-state index in [1.165, 1.54) is 6.07 Å². The third-order valence-corrected chi connectivity index (χ3v) is 6.75. The summed E-state index contributed by atoms with van der Waals surface area (Å²) in [7, 11) is 1.80. The SMILES string of the molecule is CNC1(C(=O)N2CCN(C(=O)c3cc(Cc4n[nH]c(=O)c(C)c4C)ccc3F)CC2)CC1. The predicted molar refractivity (Wildman–Crippen MR) is 117 cm³/mol. The van der Waals surface area contributed by atoms with Crippen molar-refractivity contribution >= 4 is 11.8 Å². The predicted octanol–water partition coefficient (Wildman–Crippen LogP) is 1.15. The van der Waals surface area contributed by atoms with Crippen LogP contribution >= 0.6 is 0 Å². The third-order valence-electron chi connectivity index (χ3n) is 6.75. The molecule has 2 aliphatic rings. The molecule has 0 atom stereocenters. The lowest BCUT2D eigenvalue weighted by molar-refractivity contribution is -0.135. The molecule has 1 saturated carbocycles. The number of carbonyl (C=O) groups is 2. The topological polar surface area (TPSA) is 98.4 Å². The summed E-state index contributed by atoms with van der Waals surface area (Å²) in [6.07, 6.45) is 2.05. The van der Waals surface area contributed by atoms with Crippen LogP contribution in [0.1, 0.15) is 45.6 Å². The maximum Gasteiger partial charge on any atom is 0.267 e. The van der Waals surface area contributed by atoms with Crippen LogP contribution in [-0.4, -0.2) is 70.6 Å². The van der Waals surface area contributed by atoms with E-state index in [2.05, 4.69) is 15.5 Å². The van der Waals surface area contributed by atoms with Gasteiger partial charge < -0.3 is 15.1 Å². The normalized spacial score (nSPS) is 17.4. The number of carbonyl (C=O) groups excluding carboxylic acids is 2. The lowest BCUT2D eigenvalue weighted by Crippen LogP contribution is -2.55. The Morgan fingerprint density at radius 3 is 2.41 bits per heavy atom. The lowest BCUT2D eigenvalue weighted by Gasteiger charge is -2.36. The van der Waals surface area contributed by atoms with Crippen molar-refractivity contribution < 1.29 is 14.0 Å². The van der Waals surface area contributed by atoms with Gasteiger partial charge in [0.25, 0.3) is 11.5 Å². The Labute approximate surface area is 185 Å². The smallest absolute Gasteiger partial charge is 0.267 e. The maximum absolute atomic E-state index is 14.5. The number of H-pyrrole nitrogens is 1. The average Bonchev–Trinajstić information content (AvgIpc) is 3.61. The summed E-state index contributed by atoms with van der Waals surface area (Å²) in [6, 6.07) is 4.47. The second-order valence-electron chi connectivity index (χ2n) is 8.66. The molecule has 2 amide bonds. The first kappa shape index (κ1) is 22.1. The molecular weight excluding hydrogens is 413 g/mol. The molecule has 32 heavy (non-hydrogen) atoms. The van der Waals surface area contributed by atoms with Crippen LogP contribution in [0.2, 0.25) is 0 Å². The Morgan fingerprint density at radius 2 is 1.78 bits per heavy atom. The number of amides is 2. The molecule has 2 N–H and O–H groups in total. The van der Waals surface area contributed by atoms with Gasteiger partial charge in [0.15, 0.2) is 0 Å². The molecule has 4 rings (SSSR count). The van der Waals surface area contributed by atoms with Gasteiger partial charge >= 0.3 is 0 Å². The van der Waals surface area contributed by atoms with Crippen molar-refractivity contribution in [2.24, 2.45) is 0 Å². The molecule has 1 saturated heterocycles. The molecule has 8 nitrogen and oxygen atoms in total. The molecule has 1 aliphatic heterocycles. The average molecular weight is 442 g/mol. The van der Waals surface area contributed by atoms with E-state index in [0.29, 0.717) is 43.9 Å². The number of likely N-dealkylation sites (N-methyl/N-ethyl adjacent to an activating group) is 1. The summed E-state index contributed by atoms with van der Waals surface area (Å²) in [5.74, 6) is -0.875. The molecule has 0 spiro atoms. The van der Waals surface area contributed by atoms with Gasteiger partial charge in [-0.05, 0) is 57.0 Å². The van der Waals surface area contributed by atoms with Gasteiger partial charge in [-0.1, -0.05) is 6.07 Å². The zero-order valence-electron chi connectivity index (χ0n) is 18.6. The van der Waals surface area contributed by atoms with E-state index >= 15 is 0 Å². The molecule has 170 valence electrons. The van der Waals surface area contributed by atoms with Crippen LogP contribution in [0.25, 0.3) is 0 Å². The quantitative estimate of drug-likeness (QED) is 0.726. The van der Waals surface area contributed by atoms with E-state index in [1.807, 2.05) is 6.92 Å². The second kappa shape index (κ2) is 8.46. The maximum atomic E-state index is 14.5. The van der Waals surface area contributed by atoms with E-state index in [1.54, 1.807) is 35.9 Å². The highest BCUT2D eigenvalue weighted by atomic mass is 19.1. The fraction of sp³-hybridized carbons (Fsp3) is 0.478. The van der Waals surface area contributed by atoms with Crippen molar-refractivity contribution in [2.75, 3.05) is 33.2 Å². The van der Waals surface area contributed by atoms with Crippen molar-refractivity contribution in [1.82, 2.24) is 25.3 Å². The highest BCUT2D eigenvalue weighted by Crippen LogP contribution is 2.37. The first-order valence-electron chi connectivity index (χ1n) is 10.9. The van der Waals surface area contributed by atoms with Crippen molar-refractivity contribution in [3.8, 4) is 0 Å². The van der Waals surface area contributed by atoms with Crippen molar-refractivity contribution in [3.05, 3.63) is 62.3 Å². The van der Waals surface area contributed by atoms with Gasteiger partial charge in [0.1, 0.15) is 5.82 Å². The van der Waals surface area contributed by atoms with E-state index in [-0.39, 0.29) is 22.9 Å². The minimum Gasteiger partial charge on any atom is -0.338 e. The van der Waals surface area contributed by atoms with Gasteiger partial charge in [0.05, 0.1) is 16.8 Å². The van der Waals surface area contributed by atoms with Gasteiger partial charge in [0.2, 0.25) is 5.91 Å². The second-order valence-corrected chi connectivity index (χ2v) is 8.66. The molecule has 0 unspecified atom stereocenters. The van der Waals surface area contributed by atoms with E-state index < -0.39 is 11.4 Å². The van der Waals surface area contributed by atoms with Gasteiger partial charge in [-0.25, -0.2) is 9.49 Å². The number of piperazine rings is 1. The first-order chi connectivity index (χ1) is 15.3. The summed E-state index contributed by atoms with van der Waals surface area (Å²) in [5.41, 5.74) is 2.12. The van der Waals surface area contributed by atoms with Crippen LogP contribution in [0.4, 0.5) is 4.39 Å². The fourth-order valence-corrected chi connectivity index (χ4v) is 4.17. The van der Waals surface area contributed by atoms with Crippen LogP contribution in [0, 0.1) is 19.7 Å². The zero-order valence-corrected chi connectivity index (χ0v) is 18.6. The Bertz CT molecular complexity index is 1120.